The quantitative estimate of drug-likeness (QED) is 0.340. The molecule has 4 aromatic rings. The molecule has 0 bridgehead atoms. The lowest BCUT2D eigenvalue weighted by Crippen LogP contribution is -2.37. The number of benzene rings is 2. The van der Waals surface area contributed by atoms with Crippen LogP contribution in [-0.4, -0.2) is 30.8 Å². The number of hydrogen-bond acceptors (Lipinski definition) is 6. The van der Waals surface area contributed by atoms with Gasteiger partial charge in [0.05, 0.1) is 0 Å². The van der Waals surface area contributed by atoms with Crippen molar-refractivity contribution in [2.75, 3.05) is 0 Å². The van der Waals surface area contributed by atoms with Crippen molar-refractivity contribution in [2.24, 2.45) is 0 Å². The van der Waals surface area contributed by atoms with E-state index in [1.165, 1.54) is 17.4 Å². The Labute approximate surface area is 192 Å². The second kappa shape index (κ2) is 9.34. The summed E-state index contributed by atoms with van der Waals surface area (Å²) >= 11 is 12.5. The van der Waals surface area contributed by atoms with Crippen LogP contribution in [0.15, 0.2) is 54.6 Å². The number of nitrogens with one attached hydrogen (secondary N) is 2. The highest BCUT2D eigenvalue weighted by atomic mass is 35.5. The maximum atomic E-state index is 12.0. The first-order chi connectivity index (χ1) is 15.0. The fourth-order valence-corrected chi connectivity index (χ4v) is 3.91. The summed E-state index contributed by atoms with van der Waals surface area (Å²) in [6.07, 6.45) is 3.12. The van der Waals surface area contributed by atoms with Crippen molar-refractivity contribution < 1.29 is 4.79 Å². The zero-order valence-corrected chi connectivity index (χ0v) is 18.8. The molecular formula is C21H17ClN6OS2. The maximum absolute atomic E-state index is 12.0. The lowest BCUT2D eigenvalue weighted by Gasteiger charge is -2.08. The molecule has 2 aromatic carbocycles. The highest BCUT2D eigenvalue weighted by molar-refractivity contribution is 7.80. The Hall–Kier alpha value is -3.14. The summed E-state index contributed by atoms with van der Waals surface area (Å²) in [5.74, 6) is 0.457. The average Bonchev–Trinajstić information content (AvgIpc) is 3.34. The summed E-state index contributed by atoms with van der Waals surface area (Å²) in [4.78, 5) is 12.8. The molecule has 0 atom stereocenters. The zero-order valence-electron chi connectivity index (χ0n) is 16.4. The molecule has 31 heavy (non-hydrogen) atoms. The topological polar surface area (TPSA) is 84.2 Å². The molecule has 10 heteroatoms. The number of halogens is 1. The van der Waals surface area contributed by atoms with Gasteiger partial charge in [0.15, 0.2) is 10.9 Å². The van der Waals surface area contributed by atoms with Gasteiger partial charge in [0.2, 0.25) is 10.9 Å². The molecule has 0 saturated heterocycles. The van der Waals surface area contributed by atoms with Crippen LogP contribution in [0.2, 0.25) is 5.02 Å². The number of hydrogen-bond donors (Lipinski definition) is 2. The second-order valence-corrected chi connectivity index (χ2v) is 8.40. The van der Waals surface area contributed by atoms with Gasteiger partial charge in [-0.3, -0.25) is 10.1 Å². The van der Waals surface area contributed by atoms with Gasteiger partial charge in [0, 0.05) is 23.2 Å². The molecule has 0 fully saturated rings. The van der Waals surface area contributed by atoms with Crippen LogP contribution in [-0.2, 0) is 11.3 Å². The van der Waals surface area contributed by atoms with Gasteiger partial charge < -0.3 is 5.32 Å². The molecule has 1 amide bonds. The van der Waals surface area contributed by atoms with E-state index in [9.17, 15) is 4.79 Å². The summed E-state index contributed by atoms with van der Waals surface area (Å²) in [7, 11) is 0. The molecule has 0 aliphatic rings. The van der Waals surface area contributed by atoms with Gasteiger partial charge in [0.1, 0.15) is 5.01 Å². The monoisotopic (exact) mass is 468 g/mol. The Balaban J connectivity index is 1.28. The highest BCUT2D eigenvalue weighted by Crippen LogP contribution is 2.25. The van der Waals surface area contributed by atoms with Crippen LogP contribution in [0.4, 0.5) is 0 Å². The number of rotatable bonds is 5. The van der Waals surface area contributed by atoms with Gasteiger partial charge in [-0.05, 0) is 48.5 Å². The Morgan fingerprint density at radius 2 is 1.90 bits per heavy atom. The van der Waals surface area contributed by atoms with E-state index in [1.807, 2.05) is 43.3 Å². The molecule has 0 unspecified atom stereocenters. The van der Waals surface area contributed by atoms with Gasteiger partial charge in [0.25, 0.3) is 0 Å². The van der Waals surface area contributed by atoms with E-state index in [4.69, 9.17) is 23.8 Å². The molecule has 0 aliphatic heterocycles. The molecule has 2 heterocycles. The van der Waals surface area contributed by atoms with Gasteiger partial charge >= 0.3 is 0 Å². The number of carbonyl (C=O) groups is 1. The number of fused-ring (bicyclic) bond motifs is 1. The van der Waals surface area contributed by atoms with Crippen LogP contribution in [0, 0.1) is 6.92 Å². The number of nitrogens with zero attached hydrogens (tertiary/aromatic N) is 4. The lowest BCUT2D eigenvalue weighted by molar-refractivity contribution is -0.115. The SMILES string of the molecule is Cc1nnc2sc(-c3ccc(CNC(=S)NC(=O)/C=C/c4ccc(Cl)cc4)cc3)nn12. The van der Waals surface area contributed by atoms with Gasteiger partial charge in [-0.1, -0.05) is 59.3 Å². The molecule has 0 saturated carbocycles. The fraction of sp³-hybridized carbons (Fsp3) is 0.0952. The Morgan fingerprint density at radius 1 is 1.16 bits per heavy atom. The smallest absolute Gasteiger partial charge is 0.250 e. The Morgan fingerprint density at radius 3 is 2.61 bits per heavy atom. The molecule has 4 rings (SSSR count). The fourth-order valence-electron chi connectivity index (χ4n) is 2.72. The van der Waals surface area contributed by atoms with Crippen LogP contribution >= 0.6 is 35.2 Å². The third-order valence-corrected chi connectivity index (χ3v) is 5.78. The van der Waals surface area contributed by atoms with Crippen LogP contribution in [0.5, 0.6) is 0 Å². The average molecular weight is 469 g/mol. The predicted octanol–water partition coefficient (Wildman–Crippen LogP) is 4.02. The minimum Gasteiger partial charge on any atom is -0.358 e. The molecule has 2 aromatic heterocycles. The van der Waals surface area contributed by atoms with Crippen LogP contribution < -0.4 is 10.6 Å². The Kier molecular flexibility index (Phi) is 6.36. The van der Waals surface area contributed by atoms with Crippen LogP contribution in [0.3, 0.4) is 0 Å². The van der Waals surface area contributed by atoms with Crippen LogP contribution in [0.25, 0.3) is 21.6 Å². The number of aryl methyl sites for hydroxylation is 1. The molecular weight excluding hydrogens is 452 g/mol. The number of amides is 1. The van der Waals surface area contributed by atoms with Crippen molar-refractivity contribution in [3.05, 3.63) is 76.6 Å². The molecule has 0 spiro atoms. The first-order valence-electron chi connectivity index (χ1n) is 9.28. The maximum Gasteiger partial charge on any atom is 0.250 e. The van der Waals surface area contributed by atoms with Gasteiger partial charge in [-0.25, -0.2) is 0 Å². The van der Waals surface area contributed by atoms with E-state index in [2.05, 4.69) is 25.9 Å². The van der Waals surface area contributed by atoms with E-state index in [0.29, 0.717) is 11.6 Å². The minimum absolute atomic E-state index is 0.263. The zero-order chi connectivity index (χ0) is 21.8. The minimum atomic E-state index is -0.304. The molecule has 156 valence electrons. The van der Waals surface area contributed by atoms with Crippen molar-refractivity contribution in [2.45, 2.75) is 13.5 Å². The summed E-state index contributed by atoms with van der Waals surface area (Å²) in [5, 5.41) is 20.1. The van der Waals surface area contributed by atoms with Crippen molar-refractivity contribution in [3.63, 3.8) is 0 Å². The molecule has 2 N–H and O–H groups in total. The lowest BCUT2D eigenvalue weighted by atomic mass is 10.1. The predicted molar refractivity (Wildman–Crippen MR) is 127 cm³/mol. The number of aromatic nitrogens is 4. The normalized spacial score (nSPS) is 11.2. The van der Waals surface area contributed by atoms with Crippen molar-refractivity contribution >= 4 is 57.2 Å². The van der Waals surface area contributed by atoms with Crippen molar-refractivity contribution in [3.8, 4) is 10.6 Å². The van der Waals surface area contributed by atoms with E-state index < -0.39 is 0 Å². The van der Waals surface area contributed by atoms with Crippen molar-refractivity contribution in [1.82, 2.24) is 30.4 Å². The molecule has 0 aliphatic carbocycles. The van der Waals surface area contributed by atoms with Gasteiger partial charge in [-0.2, -0.15) is 9.61 Å². The summed E-state index contributed by atoms with van der Waals surface area (Å²) in [6.45, 7) is 2.36. The summed E-state index contributed by atoms with van der Waals surface area (Å²) < 4.78 is 1.73. The van der Waals surface area contributed by atoms with E-state index in [-0.39, 0.29) is 11.0 Å². The Bertz CT molecular complexity index is 1260. The standard InChI is InChI=1S/C21H17ClN6OS2/c1-13-25-26-21-28(13)27-19(31-21)16-7-2-15(3-8-16)12-23-20(30)24-18(29)11-6-14-4-9-17(22)10-5-14/h2-11H,12H2,1H3,(H2,23,24,29,30)/b11-6+. The van der Waals surface area contributed by atoms with E-state index in [0.717, 1.165) is 32.5 Å². The summed E-state index contributed by atoms with van der Waals surface area (Å²) in [5.41, 5.74) is 2.90. The van der Waals surface area contributed by atoms with Crippen molar-refractivity contribution in [1.29, 1.82) is 0 Å². The first-order valence-corrected chi connectivity index (χ1v) is 10.9. The second-order valence-electron chi connectivity index (χ2n) is 6.60. The number of thiocarbonyl (C=S) groups is 1. The molecule has 7 nitrogen and oxygen atoms in total. The van der Waals surface area contributed by atoms with Gasteiger partial charge in [-0.15, -0.1) is 10.2 Å². The third kappa shape index (κ3) is 5.32. The molecule has 0 radical (unpaired) electrons. The van der Waals surface area contributed by atoms with E-state index >= 15 is 0 Å². The largest absolute Gasteiger partial charge is 0.358 e. The first kappa shape index (κ1) is 21.1. The number of carbonyl (C=O) groups excluding carboxylic acids is 1. The van der Waals surface area contributed by atoms with Crippen LogP contribution in [0.1, 0.15) is 17.0 Å². The third-order valence-electron chi connectivity index (χ3n) is 4.33. The van der Waals surface area contributed by atoms with E-state index in [1.54, 1.807) is 22.7 Å². The summed E-state index contributed by atoms with van der Waals surface area (Å²) in [6, 6.07) is 15.2. The highest BCUT2D eigenvalue weighted by Gasteiger charge is 2.10.